The predicted octanol–water partition coefficient (Wildman–Crippen LogP) is 1.98. The fourth-order valence-electron chi connectivity index (χ4n) is 2.29. The summed E-state index contributed by atoms with van der Waals surface area (Å²) < 4.78 is 7.61. The van der Waals surface area contributed by atoms with Gasteiger partial charge in [-0.15, -0.1) is 0 Å². The second-order valence-corrected chi connectivity index (χ2v) is 4.34. The lowest BCUT2D eigenvalue weighted by molar-refractivity contribution is 0.0694. The molecule has 0 spiro atoms. The largest absolute Gasteiger partial charge is 0.478 e. The van der Waals surface area contributed by atoms with E-state index in [4.69, 9.17) is 9.84 Å². The maximum Gasteiger partial charge on any atom is 0.337 e. The van der Waals surface area contributed by atoms with E-state index in [1.807, 2.05) is 18.4 Å². The number of carboxylic acid groups (broad SMARTS) is 1. The van der Waals surface area contributed by atoms with Crippen LogP contribution in [0, 0.1) is 13.8 Å². The number of carbonyl (C=O) groups is 1. The van der Waals surface area contributed by atoms with Gasteiger partial charge < -0.3 is 14.4 Å². The SMILES string of the molecule is Cc1cc(C(=O)O)c(C)n1C[C@@H]1CCCO1. The molecule has 1 aliphatic rings. The van der Waals surface area contributed by atoms with Gasteiger partial charge in [-0.1, -0.05) is 0 Å². The predicted molar refractivity (Wildman–Crippen MR) is 59.8 cm³/mol. The van der Waals surface area contributed by atoms with Gasteiger partial charge in [0.25, 0.3) is 0 Å². The van der Waals surface area contributed by atoms with Crippen molar-refractivity contribution < 1.29 is 14.6 Å². The molecule has 4 nitrogen and oxygen atoms in total. The summed E-state index contributed by atoms with van der Waals surface area (Å²) in [6.45, 7) is 5.39. The van der Waals surface area contributed by atoms with Crippen molar-refractivity contribution in [2.24, 2.45) is 0 Å². The number of ether oxygens (including phenoxy) is 1. The first-order valence-corrected chi connectivity index (χ1v) is 5.61. The Kier molecular flexibility index (Phi) is 3.01. The standard InChI is InChI=1S/C12H17NO3/c1-8-6-11(12(14)15)9(2)13(8)7-10-4-3-5-16-10/h6,10H,3-5,7H2,1-2H3,(H,14,15)/t10-/m0/s1. The highest BCUT2D eigenvalue weighted by atomic mass is 16.5. The maximum atomic E-state index is 11.0. The van der Waals surface area contributed by atoms with Crippen molar-refractivity contribution in [1.29, 1.82) is 0 Å². The molecule has 0 aromatic carbocycles. The molecule has 0 bridgehead atoms. The van der Waals surface area contributed by atoms with Gasteiger partial charge >= 0.3 is 5.97 Å². The Balaban J connectivity index is 2.22. The van der Waals surface area contributed by atoms with Crippen LogP contribution < -0.4 is 0 Å². The molecule has 88 valence electrons. The number of hydrogen-bond donors (Lipinski definition) is 1. The zero-order valence-electron chi connectivity index (χ0n) is 9.69. The van der Waals surface area contributed by atoms with Crippen LogP contribution in [0.5, 0.6) is 0 Å². The fraction of sp³-hybridized carbons (Fsp3) is 0.583. The molecule has 0 aliphatic carbocycles. The quantitative estimate of drug-likeness (QED) is 0.852. The van der Waals surface area contributed by atoms with Gasteiger partial charge in [0.2, 0.25) is 0 Å². The van der Waals surface area contributed by atoms with Gasteiger partial charge in [-0.3, -0.25) is 0 Å². The first-order chi connectivity index (χ1) is 7.59. The van der Waals surface area contributed by atoms with Crippen LogP contribution in [0.25, 0.3) is 0 Å². The second kappa shape index (κ2) is 4.29. The highest BCUT2D eigenvalue weighted by Gasteiger charge is 2.20. The minimum absolute atomic E-state index is 0.242. The van der Waals surface area contributed by atoms with E-state index in [1.165, 1.54) is 0 Å². The van der Waals surface area contributed by atoms with Crippen molar-refractivity contribution in [1.82, 2.24) is 4.57 Å². The monoisotopic (exact) mass is 223 g/mol. The molecule has 1 fully saturated rings. The summed E-state index contributed by atoms with van der Waals surface area (Å²) in [4.78, 5) is 11.0. The number of aryl methyl sites for hydroxylation is 1. The number of carboxylic acids is 1. The van der Waals surface area contributed by atoms with E-state index in [0.717, 1.165) is 37.4 Å². The van der Waals surface area contributed by atoms with Crippen molar-refractivity contribution in [2.75, 3.05) is 6.61 Å². The zero-order chi connectivity index (χ0) is 11.7. The molecular weight excluding hydrogens is 206 g/mol. The van der Waals surface area contributed by atoms with Crippen molar-refractivity contribution in [3.63, 3.8) is 0 Å². The van der Waals surface area contributed by atoms with Crippen LogP contribution in [0.2, 0.25) is 0 Å². The molecule has 2 heterocycles. The van der Waals surface area contributed by atoms with Crippen molar-refractivity contribution >= 4 is 5.97 Å². The highest BCUT2D eigenvalue weighted by molar-refractivity contribution is 5.89. The van der Waals surface area contributed by atoms with E-state index < -0.39 is 5.97 Å². The molecular formula is C12H17NO3. The van der Waals surface area contributed by atoms with E-state index >= 15 is 0 Å². The molecule has 0 saturated carbocycles. The highest BCUT2D eigenvalue weighted by Crippen LogP contribution is 2.20. The average Bonchev–Trinajstić information content (AvgIpc) is 2.81. The molecule has 1 atom stereocenters. The normalized spacial score (nSPS) is 20.2. The first kappa shape index (κ1) is 11.2. The molecule has 1 N–H and O–H groups in total. The third kappa shape index (κ3) is 1.97. The molecule has 2 rings (SSSR count). The number of rotatable bonds is 3. The fourth-order valence-corrected chi connectivity index (χ4v) is 2.29. The lowest BCUT2D eigenvalue weighted by Gasteiger charge is -2.14. The average molecular weight is 223 g/mol. The van der Waals surface area contributed by atoms with Crippen LogP contribution in [0.15, 0.2) is 6.07 Å². The summed E-state index contributed by atoms with van der Waals surface area (Å²) in [7, 11) is 0. The maximum absolute atomic E-state index is 11.0. The molecule has 1 aromatic rings. The van der Waals surface area contributed by atoms with Gasteiger partial charge in [0.1, 0.15) is 0 Å². The minimum Gasteiger partial charge on any atom is -0.478 e. The summed E-state index contributed by atoms with van der Waals surface area (Å²) in [6.07, 6.45) is 2.42. The Bertz CT molecular complexity index is 403. The molecule has 0 radical (unpaired) electrons. The molecule has 1 aromatic heterocycles. The zero-order valence-corrected chi connectivity index (χ0v) is 9.69. The Hall–Kier alpha value is -1.29. The van der Waals surface area contributed by atoms with Crippen LogP contribution in [0.1, 0.15) is 34.6 Å². The molecule has 16 heavy (non-hydrogen) atoms. The molecule has 0 amide bonds. The van der Waals surface area contributed by atoms with Crippen LogP contribution in [-0.4, -0.2) is 28.4 Å². The topological polar surface area (TPSA) is 51.5 Å². The molecule has 4 heteroatoms. The second-order valence-electron chi connectivity index (χ2n) is 4.34. The lowest BCUT2D eigenvalue weighted by atomic mass is 10.2. The summed E-state index contributed by atoms with van der Waals surface area (Å²) in [5.41, 5.74) is 2.21. The van der Waals surface area contributed by atoms with Crippen LogP contribution in [-0.2, 0) is 11.3 Å². The van der Waals surface area contributed by atoms with Gasteiger partial charge in [-0.25, -0.2) is 4.79 Å². The van der Waals surface area contributed by atoms with E-state index in [1.54, 1.807) is 6.07 Å². The minimum atomic E-state index is -0.855. The van der Waals surface area contributed by atoms with Gasteiger partial charge in [-0.2, -0.15) is 0 Å². The van der Waals surface area contributed by atoms with Crippen molar-refractivity contribution in [3.05, 3.63) is 23.0 Å². The summed E-state index contributed by atoms with van der Waals surface area (Å²) in [5.74, 6) is -0.855. The van der Waals surface area contributed by atoms with Crippen molar-refractivity contribution in [3.8, 4) is 0 Å². The summed E-state index contributed by atoms with van der Waals surface area (Å²) in [5, 5.41) is 9.02. The molecule has 0 unspecified atom stereocenters. The van der Waals surface area contributed by atoms with E-state index in [0.29, 0.717) is 5.56 Å². The third-order valence-corrected chi connectivity index (χ3v) is 3.21. The van der Waals surface area contributed by atoms with E-state index in [2.05, 4.69) is 0 Å². The Morgan fingerprint density at radius 3 is 2.88 bits per heavy atom. The van der Waals surface area contributed by atoms with Gasteiger partial charge in [0, 0.05) is 24.5 Å². The number of aromatic nitrogens is 1. The molecule has 1 aliphatic heterocycles. The smallest absolute Gasteiger partial charge is 0.337 e. The van der Waals surface area contributed by atoms with Crippen molar-refractivity contribution in [2.45, 2.75) is 39.3 Å². The summed E-state index contributed by atoms with van der Waals surface area (Å²) in [6, 6.07) is 1.73. The Labute approximate surface area is 94.8 Å². The van der Waals surface area contributed by atoms with Crippen LogP contribution in [0.4, 0.5) is 0 Å². The molecule has 1 saturated heterocycles. The first-order valence-electron chi connectivity index (χ1n) is 5.61. The summed E-state index contributed by atoms with van der Waals surface area (Å²) >= 11 is 0. The Morgan fingerprint density at radius 1 is 1.62 bits per heavy atom. The van der Waals surface area contributed by atoms with E-state index in [-0.39, 0.29) is 6.10 Å². The number of nitrogens with zero attached hydrogens (tertiary/aromatic N) is 1. The lowest BCUT2D eigenvalue weighted by Crippen LogP contribution is -2.17. The number of hydrogen-bond acceptors (Lipinski definition) is 2. The van der Waals surface area contributed by atoms with Gasteiger partial charge in [0.15, 0.2) is 0 Å². The van der Waals surface area contributed by atoms with Crippen LogP contribution >= 0.6 is 0 Å². The van der Waals surface area contributed by atoms with Crippen LogP contribution in [0.3, 0.4) is 0 Å². The third-order valence-electron chi connectivity index (χ3n) is 3.21. The Morgan fingerprint density at radius 2 is 2.38 bits per heavy atom. The number of aromatic carboxylic acids is 1. The van der Waals surface area contributed by atoms with E-state index in [9.17, 15) is 4.79 Å². The van der Waals surface area contributed by atoms with Gasteiger partial charge in [-0.05, 0) is 32.8 Å². The van der Waals surface area contributed by atoms with Gasteiger partial charge in [0.05, 0.1) is 11.7 Å².